The minimum Gasteiger partial charge on any atom is -0.384 e. The van der Waals surface area contributed by atoms with Gasteiger partial charge >= 0.3 is 0 Å². The van der Waals surface area contributed by atoms with Crippen LogP contribution in [0.15, 0.2) is 61.6 Å². The van der Waals surface area contributed by atoms with Crippen molar-refractivity contribution in [3.05, 3.63) is 84.2 Å². The Morgan fingerprint density at radius 1 is 1.19 bits per heavy atom. The fourth-order valence-electron chi connectivity index (χ4n) is 3.64. The van der Waals surface area contributed by atoms with Crippen molar-refractivity contribution in [2.24, 2.45) is 0 Å². The first-order valence-corrected chi connectivity index (χ1v) is 10.1. The predicted octanol–water partition coefficient (Wildman–Crippen LogP) is 3.48. The summed E-state index contributed by atoms with van der Waals surface area (Å²) in [7, 11) is 0. The van der Waals surface area contributed by atoms with Crippen LogP contribution in [0, 0.1) is 12.7 Å². The summed E-state index contributed by atoms with van der Waals surface area (Å²) in [5.74, 6) is 0.521. The number of rotatable bonds is 5. The van der Waals surface area contributed by atoms with Crippen LogP contribution < -0.4 is 15.5 Å². The molecule has 0 atom stereocenters. The highest BCUT2D eigenvalue weighted by molar-refractivity contribution is 5.97. The second-order valence-corrected chi connectivity index (χ2v) is 7.45. The van der Waals surface area contributed by atoms with E-state index in [0.29, 0.717) is 30.4 Å². The Balaban J connectivity index is 1.51. The van der Waals surface area contributed by atoms with Gasteiger partial charge in [0.25, 0.3) is 0 Å². The van der Waals surface area contributed by atoms with Crippen molar-refractivity contribution in [2.75, 3.05) is 35.2 Å². The molecule has 1 saturated heterocycles. The second-order valence-electron chi connectivity index (χ2n) is 7.45. The quantitative estimate of drug-likeness (QED) is 0.624. The Bertz CT molecular complexity index is 1210. The SMILES string of the molecule is C=C(/C=C\c1ncnc(N2CCN(c3ccccc3F)C(=O)C2)c1C)c1ccnc(N)c1. The van der Waals surface area contributed by atoms with Gasteiger partial charge in [0.15, 0.2) is 0 Å². The number of piperazine rings is 1. The molecule has 4 rings (SSSR count). The minimum absolute atomic E-state index is 0.109. The summed E-state index contributed by atoms with van der Waals surface area (Å²) in [6.07, 6.45) is 6.82. The predicted molar refractivity (Wildman–Crippen MR) is 124 cm³/mol. The monoisotopic (exact) mass is 430 g/mol. The maximum Gasteiger partial charge on any atom is 0.246 e. The van der Waals surface area contributed by atoms with Crippen LogP contribution in [-0.4, -0.2) is 40.5 Å². The Hall–Kier alpha value is -4.07. The topological polar surface area (TPSA) is 88.2 Å². The molecule has 2 aromatic heterocycles. The molecule has 3 aromatic rings. The van der Waals surface area contributed by atoms with Gasteiger partial charge in [-0.3, -0.25) is 4.79 Å². The molecular weight excluding hydrogens is 407 g/mol. The summed E-state index contributed by atoms with van der Waals surface area (Å²) < 4.78 is 14.1. The van der Waals surface area contributed by atoms with E-state index in [-0.39, 0.29) is 12.5 Å². The Kier molecular flexibility index (Phi) is 5.93. The fraction of sp³-hybridized carbons (Fsp3) is 0.167. The number of hydrogen-bond donors (Lipinski definition) is 1. The smallest absolute Gasteiger partial charge is 0.246 e. The van der Waals surface area contributed by atoms with Crippen molar-refractivity contribution in [3.63, 3.8) is 0 Å². The van der Waals surface area contributed by atoms with Gasteiger partial charge in [-0.25, -0.2) is 19.3 Å². The van der Waals surface area contributed by atoms with Crippen LogP contribution in [0.25, 0.3) is 11.6 Å². The molecule has 32 heavy (non-hydrogen) atoms. The molecule has 1 aliphatic heterocycles. The largest absolute Gasteiger partial charge is 0.384 e. The molecule has 7 nitrogen and oxygen atoms in total. The minimum atomic E-state index is -0.406. The molecule has 0 saturated carbocycles. The fourth-order valence-corrected chi connectivity index (χ4v) is 3.64. The van der Waals surface area contributed by atoms with Crippen LogP contribution >= 0.6 is 0 Å². The summed E-state index contributed by atoms with van der Waals surface area (Å²) in [5, 5.41) is 0. The van der Waals surface area contributed by atoms with Crippen LogP contribution in [-0.2, 0) is 4.79 Å². The molecule has 2 N–H and O–H groups in total. The summed E-state index contributed by atoms with van der Waals surface area (Å²) in [4.78, 5) is 28.9. The molecule has 8 heteroatoms. The van der Waals surface area contributed by atoms with E-state index in [0.717, 1.165) is 22.4 Å². The number of halogens is 1. The van der Waals surface area contributed by atoms with Gasteiger partial charge in [0.2, 0.25) is 5.91 Å². The van der Waals surface area contributed by atoms with E-state index < -0.39 is 5.82 Å². The number of aromatic nitrogens is 3. The lowest BCUT2D eigenvalue weighted by Crippen LogP contribution is -2.51. The normalized spacial score (nSPS) is 14.2. The average Bonchev–Trinajstić information content (AvgIpc) is 2.79. The number of para-hydroxylation sites is 1. The molecule has 0 bridgehead atoms. The van der Waals surface area contributed by atoms with E-state index in [4.69, 9.17) is 5.73 Å². The van der Waals surface area contributed by atoms with E-state index >= 15 is 0 Å². The zero-order valence-corrected chi connectivity index (χ0v) is 17.7. The van der Waals surface area contributed by atoms with Crippen molar-refractivity contribution in [1.29, 1.82) is 0 Å². The van der Waals surface area contributed by atoms with Crippen LogP contribution in [0.3, 0.4) is 0 Å². The third kappa shape index (κ3) is 4.34. The third-order valence-corrected chi connectivity index (χ3v) is 5.35. The number of carbonyl (C=O) groups is 1. The van der Waals surface area contributed by atoms with Gasteiger partial charge in [0.1, 0.15) is 23.8 Å². The van der Waals surface area contributed by atoms with Crippen LogP contribution in [0.4, 0.5) is 21.7 Å². The number of allylic oxidation sites excluding steroid dienone is 2. The molecule has 0 spiro atoms. The highest BCUT2D eigenvalue weighted by atomic mass is 19.1. The van der Waals surface area contributed by atoms with Gasteiger partial charge in [-0.2, -0.15) is 0 Å². The molecule has 0 unspecified atom stereocenters. The highest BCUT2D eigenvalue weighted by Gasteiger charge is 2.28. The molecule has 0 aliphatic carbocycles. The van der Waals surface area contributed by atoms with Crippen LogP contribution in [0.2, 0.25) is 0 Å². The van der Waals surface area contributed by atoms with Crippen molar-refractivity contribution < 1.29 is 9.18 Å². The number of nitrogens with two attached hydrogens (primary N) is 1. The van der Waals surface area contributed by atoms with Gasteiger partial charge in [-0.1, -0.05) is 24.8 Å². The van der Waals surface area contributed by atoms with Crippen molar-refractivity contribution in [3.8, 4) is 0 Å². The number of nitrogen functional groups attached to an aromatic ring is 1. The number of anilines is 3. The summed E-state index contributed by atoms with van der Waals surface area (Å²) in [6, 6.07) is 9.89. The summed E-state index contributed by atoms with van der Waals surface area (Å²) in [6.45, 7) is 7.00. The lowest BCUT2D eigenvalue weighted by atomic mass is 10.1. The zero-order chi connectivity index (χ0) is 22.7. The van der Waals surface area contributed by atoms with Crippen molar-refractivity contribution in [2.45, 2.75) is 6.92 Å². The number of pyridine rings is 1. The molecule has 162 valence electrons. The summed E-state index contributed by atoms with van der Waals surface area (Å²) >= 11 is 0. The first kappa shape index (κ1) is 21.2. The zero-order valence-electron chi connectivity index (χ0n) is 17.7. The standard InChI is InChI=1S/C24H23FN6O/c1-16(18-9-10-27-22(26)13-18)7-8-20-17(2)24(29-15-28-20)30-11-12-31(23(32)14-30)21-6-4-3-5-19(21)25/h3-10,13,15H,1,11-12,14H2,2H3,(H2,26,27)/b8-7-. The van der Waals surface area contributed by atoms with Crippen molar-refractivity contribution in [1.82, 2.24) is 15.0 Å². The van der Waals surface area contributed by atoms with Gasteiger partial charge < -0.3 is 15.5 Å². The van der Waals surface area contributed by atoms with Gasteiger partial charge in [0, 0.05) is 24.8 Å². The lowest BCUT2D eigenvalue weighted by molar-refractivity contribution is -0.118. The molecular formula is C24H23FN6O. The number of nitrogens with zero attached hydrogens (tertiary/aromatic N) is 5. The second kappa shape index (κ2) is 8.97. The number of benzene rings is 1. The molecule has 1 aliphatic rings. The van der Waals surface area contributed by atoms with E-state index in [1.54, 1.807) is 30.5 Å². The lowest BCUT2D eigenvalue weighted by Gasteiger charge is -2.35. The van der Waals surface area contributed by atoms with Gasteiger partial charge in [-0.05, 0) is 48.4 Å². The highest BCUT2D eigenvalue weighted by Crippen LogP contribution is 2.26. The average molecular weight is 430 g/mol. The number of hydrogen-bond acceptors (Lipinski definition) is 6. The maximum atomic E-state index is 14.1. The maximum absolute atomic E-state index is 14.1. The first-order valence-electron chi connectivity index (χ1n) is 10.1. The van der Waals surface area contributed by atoms with E-state index in [1.165, 1.54) is 17.3 Å². The van der Waals surface area contributed by atoms with E-state index in [1.807, 2.05) is 30.0 Å². The molecule has 1 amide bonds. The Morgan fingerprint density at radius 3 is 2.75 bits per heavy atom. The van der Waals surface area contributed by atoms with Crippen LogP contribution in [0.1, 0.15) is 16.8 Å². The summed E-state index contributed by atoms with van der Waals surface area (Å²) in [5.41, 5.74) is 9.25. The Morgan fingerprint density at radius 2 is 2.00 bits per heavy atom. The van der Waals surface area contributed by atoms with Crippen LogP contribution in [0.5, 0.6) is 0 Å². The molecule has 0 radical (unpaired) electrons. The molecule has 1 fully saturated rings. The van der Waals surface area contributed by atoms with E-state index in [9.17, 15) is 9.18 Å². The van der Waals surface area contributed by atoms with Gasteiger partial charge in [0.05, 0.1) is 17.9 Å². The van der Waals surface area contributed by atoms with Gasteiger partial charge in [-0.15, -0.1) is 0 Å². The first-order chi connectivity index (χ1) is 15.4. The Labute approximate surface area is 185 Å². The third-order valence-electron chi connectivity index (χ3n) is 5.35. The number of carbonyl (C=O) groups excluding carboxylic acids is 1. The molecule has 3 heterocycles. The molecule has 1 aromatic carbocycles. The number of amides is 1. The van der Waals surface area contributed by atoms with E-state index in [2.05, 4.69) is 21.5 Å². The van der Waals surface area contributed by atoms with Crippen molar-refractivity contribution >= 4 is 34.9 Å².